The maximum absolute atomic E-state index is 14.1. The van der Waals surface area contributed by atoms with Gasteiger partial charge in [-0.15, -0.1) is 0 Å². The molecule has 0 radical (unpaired) electrons. The first kappa shape index (κ1) is 17.0. The molecule has 1 amide bonds. The van der Waals surface area contributed by atoms with Gasteiger partial charge in [0.25, 0.3) is 5.91 Å². The molecule has 27 heavy (non-hydrogen) atoms. The van der Waals surface area contributed by atoms with E-state index in [4.69, 9.17) is 5.11 Å². The summed E-state index contributed by atoms with van der Waals surface area (Å²) in [6, 6.07) is 5.95. The van der Waals surface area contributed by atoms with Gasteiger partial charge < -0.3 is 15.5 Å². The molecule has 9 heteroatoms. The van der Waals surface area contributed by atoms with Crippen LogP contribution in [-0.4, -0.2) is 43.2 Å². The minimum Gasteiger partial charge on any atom is -0.507 e. The van der Waals surface area contributed by atoms with Crippen LogP contribution >= 0.6 is 0 Å². The SMILES string of the molecule is O=C(O)CNC(=O)c1c(O)cc(-c2cc(F)cc(C3CC3)c2)n2ncnc12. The van der Waals surface area contributed by atoms with E-state index in [1.807, 2.05) is 6.07 Å². The van der Waals surface area contributed by atoms with E-state index >= 15 is 0 Å². The summed E-state index contributed by atoms with van der Waals surface area (Å²) in [6.45, 7) is -0.602. The molecular formula is C18H15FN4O4. The fraction of sp³-hybridized carbons (Fsp3) is 0.222. The molecule has 1 aromatic carbocycles. The van der Waals surface area contributed by atoms with Crippen molar-refractivity contribution in [1.82, 2.24) is 19.9 Å². The van der Waals surface area contributed by atoms with Gasteiger partial charge in [0.2, 0.25) is 0 Å². The van der Waals surface area contributed by atoms with Gasteiger partial charge in [-0.2, -0.15) is 5.10 Å². The summed E-state index contributed by atoms with van der Waals surface area (Å²) < 4.78 is 15.4. The lowest BCUT2D eigenvalue weighted by molar-refractivity contribution is -0.135. The van der Waals surface area contributed by atoms with Crippen molar-refractivity contribution in [3.05, 3.63) is 47.5 Å². The lowest BCUT2D eigenvalue weighted by atomic mass is 10.0. The summed E-state index contributed by atoms with van der Waals surface area (Å²) >= 11 is 0. The highest BCUT2D eigenvalue weighted by Gasteiger charge is 2.26. The quantitative estimate of drug-likeness (QED) is 0.632. The highest BCUT2D eigenvalue weighted by Crippen LogP contribution is 2.42. The number of nitrogens with zero attached hydrogens (tertiary/aromatic N) is 3. The Labute approximate surface area is 152 Å². The van der Waals surface area contributed by atoms with Crippen molar-refractivity contribution < 1.29 is 24.2 Å². The molecule has 3 N–H and O–H groups in total. The number of pyridine rings is 1. The maximum atomic E-state index is 14.1. The van der Waals surface area contributed by atoms with E-state index in [-0.39, 0.29) is 11.2 Å². The Morgan fingerprint density at radius 1 is 1.26 bits per heavy atom. The van der Waals surface area contributed by atoms with E-state index in [1.165, 1.54) is 29.0 Å². The molecule has 1 saturated carbocycles. The molecule has 4 rings (SSSR count). The topological polar surface area (TPSA) is 117 Å². The number of amides is 1. The molecule has 2 heterocycles. The molecule has 0 aliphatic heterocycles. The number of benzene rings is 1. The predicted molar refractivity (Wildman–Crippen MR) is 92.0 cm³/mol. The van der Waals surface area contributed by atoms with Gasteiger partial charge in [0.1, 0.15) is 30.0 Å². The van der Waals surface area contributed by atoms with Crippen LogP contribution in [0.15, 0.2) is 30.6 Å². The Hall–Kier alpha value is -3.49. The number of hydrogen-bond donors (Lipinski definition) is 3. The number of rotatable bonds is 5. The van der Waals surface area contributed by atoms with Crippen LogP contribution in [0, 0.1) is 5.82 Å². The first-order valence-corrected chi connectivity index (χ1v) is 8.30. The number of fused-ring (bicyclic) bond motifs is 1. The van der Waals surface area contributed by atoms with Crippen LogP contribution in [-0.2, 0) is 4.79 Å². The van der Waals surface area contributed by atoms with Crippen LogP contribution in [0.2, 0.25) is 0 Å². The number of carboxylic acids is 1. The molecular weight excluding hydrogens is 355 g/mol. The van der Waals surface area contributed by atoms with Gasteiger partial charge in [-0.3, -0.25) is 9.59 Å². The number of carboxylic acid groups (broad SMARTS) is 1. The number of aromatic nitrogens is 3. The highest BCUT2D eigenvalue weighted by atomic mass is 19.1. The maximum Gasteiger partial charge on any atom is 0.322 e. The van der Waals surface area contributed by atoms with Gasteiger partial charge in [-0.05, 0) is 42.5 Å². The van der Waals surface area contributed by atoms with Crippen molar-refractivity contribution in [3.8, 4) is 17.0 Å². The molecule has 0 bridgehead atoms. The lowest BCUT2D eigenvalue weighted by Crippen LogP contribution is -2.29. The first-order valence-electron chi connectivity index (χ1n) is 8.30. The lowest BCUT2D eigenvalue weighted by Gasteiger charge is -2.12. The van der Waals surface area contributed by atoms with Crippen LogP contribution in [0.1, 0.15) is 34.7 Å². The van der Waals surface area contributed by atoms with Gasteiger partial charge in [0.05, 0.1) is 5.69 Å². The average Bonchev–Trinajstić information content (AvgIpc) is 3.36. The van der Waals surface area contributed by atoms with Crippen molar-refractivity contribution in [2.75, 3.05) is 6.54 Å². The number of aliphatic carboxylic acids is 1. The summed E-state index contributed by atoms with van der Waals surface area (Å²) in [6.07, 6.45) is 3.22. The number of carbonyl (C=O) groups excluding carboxylic acids is 1. The standard InChI is InChI=1S/C18H15FN4O4/c19-12-4-10(9-1-2-9)3-11(5-12)13-6-14(24)16(17-21-8-22-23(13)17)18(27)20-7-15(25)26/h3-6,8-9,24H,1-2,7H2,(H,20,27)(H,25,26). The van der Waals surface area contributed by atoms with E-state index in [1.54, 1.807) is 0 Å². The Balaban J connectivity index is 1.82. The van der Waals surface area contributed by atoms with Crippen LogP contribution in [0.5, 0.6) is 5.75 Å². The number of hydrogen-bond acceptors (Lipinski definition) is 5. The fourth-order valence-corrected chi connectivity index (χ4v) is 3.05. The third kappa shape index (κ3) is 3.19. The smallest absolute Gasteiger partial charge is 0.322 e. The van der Waals surface area contributed by atoms with E-state index in [0.717, 1.165) is 18.4 Å². The van der Waals surface area contributed by atoms with Gasteiger partial charge >= 0.3 is 5.97 Å². The molecule has 8 nitrogen and oxygen atoms in total. The van der Waals surface area contributed by atoms with Crippen LogP contribution in [0.4, 0.5) is 4.39 Å². The first-order chi connectivity index (χ1) is 12.9. The zero-order chi connectivity index (χ0) is 19.1. The summed E-state index contributed by atoms with van der Waals surface area (Å²) in [5.41, 5.74) is 1.60. The van der Waals surface area contributed by atoms with Gasteiger partial charge in [0, 0.05) is 11.6 Å². The second-order valence-electron chi connectivity index (χ2n) is 6.41. The molecule has 1 aliphatic carbocycles. The van der Waals surface area contributed by atoms with Crippen LogP contribution < -0.4 is 5.32 Å². The van der Waals surface area contributed by atoms with Crippen molar-refractivity contribution >= 4 is 17.5 Å². The summed E-state index contributed by atoms with van der Waals surface area (Å²) in [4.78, 5) is 26.9. The minimum absolute atomic E-state index is 0.0464. The van der Waals surface area contributed by atoms with Gasteiger partial charge in [-0.25, -0.2) is 13.9 Å². The monoisotopic (exact) mass is 370 g/mol. The van der Waals surface area contributed by atoms with E-state index < -0.39 is 30.0 Å². The molecule has 2 aromatic heterocycles. The molecule has 3 aromatic rings. The van der Waals surface area contributed by atoms with E-state index in [2.05, 4.69) is 15.4 Å². The molecule has 138 valence electrons. The van der Waals surface area contributed by atoms with E-state index in [0.29, 0.717) is 17.2 Å². The van der Waals surface area contributed by atoms with Gasteiger partial charge in [-0.1, -0.05) is 0 Å². The zero-order valence-electron chi connectivity index (χ0n) is 14.0. The number of halogens is 1. The second-order valence-corrected chi connectivity index (χ2v) is 6.41. The van der Waals surface area contributed by atoms with Crippen molar-refractivity contribution in [3.63, 3.8) is 0 Å². The average molecular weight is 370 g/mol. The summed E-state index contributed by atoms with van der Waals surface area (Å²) in [7, 11) is 0. The number of nitrogens with one attached hydrogen (secondary N) is 1. The second kappa shape index (κ2) is 6.35. The molecule has 0 unspecified atom stereocenters. The van der Waals surface area contributed by atoms with Crippen molar-refractivity contribution in [2.24, 2.45) is 0 Å². The largest absolute Gasteiger partial charge is 0.507 e. The third-order valence-electron chi connectivity index (χ3n) is 4.42. The van der Waals surface area contributed by atoms with Crippen molar-refractivity contribution in [1.29, 1.82) is 0 Å². The zero-order valence-corrected chi connectivity index (χ0v) is 14.0. The summed E-state index contributed by atoms with van der Waals surface area (Å²) in [5.74, 6) is -2.47. The Bertz CT molecular complexity index is 1070. The van der Waals surface area contributed by atoms with Crippen LogP contribution in [0.3, 0.4) is 0 Å². The molecule has 0 spiro atoms. The molecule has 1 fully saturated rings. The Kier molecular flexibility index (Phi) is 3.98. The fourth-order valence-electron chi connectivity index (χ4n) is 3.05. The molecule has 1 aliphatic rings. The van der Waals surface area contributed by atoms with Crippen molar-refractivity contribution in [2.45, 2.75) is 18.8 Å². The van der Waals surface area contributed by atoms with Gasteiger partial charge in [0.15, 0.2) is 5.65 Å². The highest BCUT2D eigenvalue weighted by molar-refractivity contribution is 6.04. The number of carbonyl (C=O) groups is 2. The van der Waals surface area contributed by atoms with E-state index in [9.17, 15) is 19.1 Å². The Morgan fingerprint density at radius 2 is 2.04 bits per heavy atom. The molecule has 0 saturated heterocycles. The summed E-state index contributed by atoms with van der Waals surface area (Å²) in [5, 5.41) is 25.3. The molecule has 0 atom stereocenters. The predicted octanol–water partition coefficient (Wildman–Crippen LogP) is 1.93. The third-order valence-corrected chi connectivity index (χ3v) is 4.42. The normalized spacial score (nSPS) is 13.7. The minimum atomic E-state index is -1.22. The number of aromatic hydroxyl groups is 1. The Morgan fingerprint density at radius 3 is 2.74 bits per heavy atom. The van der Waals surface area contributed by atoms with Crippen LogP contribution in [0.25, 0.3) is 16.9 Å².